The fourth-order valence-corrected chi connectivity index (χ4v) is 11.5. The predicted octanol–water partition coefficient (Wildman–Crippen LogP) is 15.0. The Labute approximate surface area is 519 Å². The molecule has 7 rings (SSSR count). The topological polar surface area (TPSA) is 120 Å². The van der Waals surface area contributed by atoms with Gasteiger partial charge in [0.15, 0.2) is 19.8 Å². The lowest BCUT2D eigenvalue weighted by molar-refractivity contribution is -0.133. The summed E-state index contributed by atoms with van der Waals surface area (Å²) >= 11 is 6.64. The number of pyridine rings is 1. The molecule has 86 heavy (non-hydrogen) atoms. The smallest absolute Gasteiger partial charge is 0.260 e. The summed E-state index contributed by atoms with van der Waals surface area (Å²) in [4.78, 5) is 52.5. The van der Waals surface area contributed by atoms with E-state index in [0.717, 1.165) is 72.1 Å². The van der Waals surface area contributed by atoms with Crippen LogP contribution in [0.3, 0.4) is 0 Å². The molecule has 1 aliphatic carbocycles. The highest BCUT2D eigenvalue weighted by molar-refractivity contribution is 6.35. The van der Waals surface area contributed by atoms with Gasteiger partial charge in [0, 0.05) is 76.5 Å². The summed E-state index contributed by atoms with van der Waals surface area (Å²) in [6.07, 6.45) is 3.16. The van der Waals surface area contributed by atoms with Crippen LogP contribution in [0.25, 0.3) is 10.9 Å². The lowest BCUT2D eigenvalue weighted by atomic mass is 9.79. The lowest BCUT2D eigenvalue weighted by Crippen LogP contribution is -2.35. The zero-order chi connectivity index (χ0) is 63.1. The van der Waals surface area contributed by atoms with Gasteiger partial charge in [-0.15, -0.1) is 0 Å². The van der Waals surface area contributed by atoms with Crippen LogP contribution in [0.4, 0.5) is 0 Å². The second-order valence-electron chi connectivity index (χ2n) is 26.9. The van der Waals surface area contributed by atoms with Crippen LogP contribution in [0, 0.1) is 0 Å². The van der Waals surface area contributed by atoms with Crippen LogP contribution in [0.1, 0.15) is 191 Å². The van der Waals surface area contributed by atoms with Crippen LogP contribution < -0.4 is 23.7 Å². The Morgan fingerprint density at radius 1 is 0.419 bits per heavy atom. The van der Waals surface area contributed by atoms with Crippen molar-refractivity contribution in [3.8, 4) is 28.7 Å². The SMILES string of the molecule is CCN(CC)C(=O)COc1c2cc(C(C)(C)C)cc1Cc1cc(C(C)(C)C)cc(c1OCC(=O)N(CC)CC)Cc1cc(C(C)(C)C)cc(c1OCC(=O)N(CC)CC)Cc1cc(C(C)(C)C)cc(c1OCCOc1ccc(Cl)c3cccnc13)C2. The first-order valence-electron chi connectivity index (χ1n) is 31.2. The number of fused-ring (bicyclic) bond motifs is 9. The molecule has 0 atom stereocenters. The third-order valence-electron chi connectivity index (χ3n) is 16.6. The Bertz CT molecular complexity index is 3240. The monoisotopic (exact) mass is 1190 g/mol. The minimum absolute atomic E-state index is 0.109. The third kappa shape index (κ3) is 16.0. The van der Waals surface area contributed by atoms with E-state index < -0.39 is 0 Å². The molecular weight excluding hydrogens is 1100 g/mol. The van der Waals surface area contributed by atoms with Gasteiger partial charge >= 0.3 is 0 Å². The van der Waals surface area contributed by atoms with Gasteiger partial charge in [-0.2, -0.15) is 0 Å². The number of carbonyl (C=O) groups is 3. The number of likely N-dealkylation sites (N-methyl/N-ethyl adjacent to an activating group) is 3. The molecule has 8 bridgehead atoms. The lowest BCUT2D eigenvalue weighted by Gasteiger charge is -2.29. The maximum Gasteiger partial charge on any atom is 0.260 e. The molecular formula is C73H97ClN4O8. The number of aromatic nitrogens is 1. The largest absolute Gasteiger partial charge is 0.489 e. The number of carbonyl (C=O) groups excluding carboxylic acids is 3. The van der Waals surface area contributed by atoms with Crippen molar-refractivity contribution in [3.05, 3.63) is 151 Å². The Morgan fingerprint density at radius 3 is 0.977 bits per heavy atom. The minimum Gasteiger partial charge on any atom is -0.489 e. The number of hydrogen-bond donors (Lipinski definition) is 0. The van der Waals surface area contributed by atoms with Crippen molar-refractivity contribution in [2.75, 3.05) is 72.3 Å². The summed E-state index contributed by atoms with van der Waals surface area (Å²) in [6, 6.07) is 25.4. The molecule has 1 aromatic heterocycles. The van der Waals surface area contributed by atoms with E-state index in [9.17, 15) is 14.4 Å². The number of halogens is 1. The summed E-state index contributed by atoms with van der Waals surface area (Å²) in [5.74, 6) is 2.80. The molecule has 0 saturated carbocycles. The molecule has 464 valence electrons. The summed E-state index contributed by atoms with van der Waals surface area (Å²) in [5, 5.41) is 1.39. The molecule has 1 heterocycles. The Morgan fingerprint density at radius 2 is 0.698 bits per heavy atom. The van der Waals surface area contributed by atoms with Crippen LogP contribution in [0.5, 0.6) is 28.7 Å². The molecule has 6 aromatic rings. The quantitative estimate of drug-likeness (QED) is 0.0687. The van der Waals surface area contributed by atoms with E-state index in [2.05, 4.69) is 137 Å². The van der Waals surface area contributed by atoms with E-state index in [-0.39, 0.29) is 72.4 Å². The normalized spacial score (nSPS) is 12.8. The van der Waals surface area contributed by atoms with Gasteiger partial charge in [0.05, 0.1) is 5.02 Å². The number of amides is 3. The van der Waals surface area contributed by atoms with Crippen molar-refractivity contribution in [1.29, 1.82) is 0 Å². The molecule has 0 fully saturated rings. The first-order chi connectivity index (χ1) is 40.5. The number of benzene rings is 5. The van der Waals surface area contributed by atoms with Gasteiger partial charge in [-0.3, -0.25) is 19.4 Å². The van der Waals surface area contributed by atoms with Gasteiger partial charge in [-0.05, 0) is 154 Å². The molecule has 0 unspecified atom stereocenters. The van der Waals surface area contributed by atoms with Gasteiger partial charge in [0.2, 0.25) is 0 Å². The predicted molar refractivity (Wildman–Crippen MR) is 350 cm³/mol. The van der Waals surface area contributed by atoms with Gasteiger partial charge in [0.1, 0.15) is 47.5 Å². The highest BCUT2D eigenvalue weighted by Gasteiger charge is 2.31. The van der Waals surface area contributed by atoms with Crippen LogP contribution in [0.15, 0.2) is 79.0 Å². The first-order valence-corrected chi connectivity index (χ1v) is 31.6. The third-order valence-corrected chi connectivity index (χ3v) is 16.9. The van der Waals surface area contributed by atoms with E-state index in [0.29, 0.717) is 104 Å². The molecule has 0 radical (unpaired) electrons. The van der Waals surface area contributed by atoms with Crippen LogP contribution in [-0.2, 0) is 61.7 Å². The van der Waals surface area contributed by atoms with E-state index in [1.165, 1.54) is 0 Å². The van der Waals surface area contributed by atoms with Gasteiger partial charge in [-0.1, -0.05) is 143 Å². The fraction of sp³-hybridized carbons (Fsp3) is 0.507. The van der Waals surface area contributed by atoms with Gasteiger partial charge < -0.3 is 38.4 Å². The zero-order valence-corrected chi connectivity index (χ0v) is 55.8. The number of hydrogen-bond acceptors (Lipinski definition) is 9. The van der Waals surface area contributed by atoms with Crippen molar-refractivity contribution in [3.63, 3.8) is 0 Å². The average molecular weight is 1190 g/mol. The second kappa shape index (κ2) is 27.9. The Balaban J connectivity index is 1.60. The van der Waals surface area contributed by atoms with Crippen molar-refractivity contribution < 1.29 is 38.1 Å². The number of ether oxygens (including phenoxy) is 5. The number of nitrogens with zero attached hydrogens (tertiary/aromatic N) is 4. The molecule has 12 nitrogen and oxygen atoms in total. The summed E-state index contributed by atoms with van der Waals surface area (Å²) in [7, 11) is 0. The van der Waals surface area contributed by atoms with E-state index in [1.54, 1.807) is 20.9 Å². The molecule has 13 heteroatoms. The molecule has 3 amide bonds. The van der Waals surface area contributed by atoms with Crippen LogP contribution in [-0.4, -0.2) is 110 Å². The molecule has 0 aliphatic heterocycles. The van der Waals surface area contributed by atoms with Crippen LogP contribution in [0.2, 0.25) is 5.02 Å². The molecule has 0 N–H and O–H groups in total. The summed E-state index contributed by atoms with van der Waals surface area (Å²) in [6.45, 7) is 41.7. The maximum atomic E-state index is 14.2. The Hall–Kier alpha value is -6.79. The highest BCUT2D eigenvalue weighted by atomic mass is 35.5. The molecule has 0 spiro atoms. The van der Waals surface area contributed by atoms with E-state index >= 15 is 0 Å². The summed E-state index contributed by atoms with van der Waals surface area (Å²) in [5.41, 5.74) is 10.9. The van der Waals surface area contributed by atoms with Gasteiger partial charge in [0.25, 0.3) is 17.7 Å². The van der Waals surface area contributed by atoms with Crippen molar-refractivity contribution in [1.82, 2.24) is 19.7 Å². The van der Waals surface area contributed by atoms with Crippen molar-refractivity contribution in [2.45, 2.75) is 172 Å². The average Bonchev–Trinajstić information content (AvgIpc) is 1.62. The second-order valence-corrected chi connectivity index (χ2v) is 27.3. The number of rotatable bonds is 20. The fourth-order valence-electron chi connectivity index (χ4n) is 11.3. The molecule has 0 saturated heterocycles. The van der Waals surface area contributed by atoms with Crippen LogP contribution >= 0.6 is 11.6 Å². The minimum atomic E-state index is -0.323. The molecule has 1 aliphatic rings. The van der Waals surface area contributed by atoms with Crippen molar-refractivity contribution >= 4 is 40.2 Å². The summed E-state index contributed by atoms with van der Waals surface area (Å²) < 4.78 is 34.9. The zero-order valence-electron chi connectivity index (χ0n) is 55.0. The maximum absolute atomic E-state index is 14.2. The highest BCUT2D eigenvalue weighted by Crippen LogP contribution is 2.45. The standard InChI is InChI=1S/C73H97ClN4O8/c1-19-76(20-2)62(79)44-84-67-49-32-47-36-55(70(7,8)9)37-48(66(47)83-31-30-82-61-28-27-60(74)59-26-25-29-75-65(59)61)33-50-39-57(72(13,14)15)41-52(68(50)85-45-63(80)77(21-3)22-4)35-54-43-58(73(16,17)18)42-53(34-51(67)40-56(38-49)71(10,11)12)69(54)86-46-64(81)78(23-5)24-6/h25-29,36-43H,19-24,30-35,44-46H2,1-18H3. The van der Waals surface area contributed by atoms with E-state index in [1.807, 2.05) is 65.8 Å². The van der Waals surface area contributed by atoms with E-state index in [4.69, 9.17) is 35.3 Å². The first kappa shape index (κ1) is 66.7. The van der Waals surface area contributed by atoms with Crippen molar-refractivity contribution in [2.24, 2.45) is 0 Å². The van der Waals surface area contributed by atoms with Gasteiger partial charge in [-0.25, -0.2) is 0 Å². The molecule has 5 aromatic carbocycles. The Kier molecular flexibility index (Phi) is 21.7.